The van der Waals surface area contributed by atoms with Crippen LogP contribution in [0.1, 0.15) is 46.6 Å². The molecule has 0 unspecified atom stereocenters. The van der Waals surface area contributed by atoms with Crippen LogP contribution in [-0.2, 0) is 14.9 Å². The molecule has 4 nitrogen and oxygen atoms in total. The molecule has 1 rings (SSSR count). The second-order valence-corrected chi connectivity index (χ2v) is 6.46. The highest BCUT2D eigenvalue weighted by atomic mass is 16.6. The first-order valence-electron chi connectivity index (χ1n) is 6.68. The second-order valence-electron chi connectivity index (χ2n) is 6.46. The van der Waals surface area contributed by atoms with Crippen LogP contribution in [0.3, 0.4) is 0 Å². The molecule has 0 radical (unpaired) electrons. The van der Waals surface area contributed by atoms with Crippen LogP contribution in [-0.4, -0.2) is 18.0 Å². The number of amides is 1. The van der Waals surface area contributed by atoms with Gasteiger partial charge in [-0.2, -0.15) is 0 Å². The standard InChI is InChI=1S/C16H23NO3/c1-15(2,3)20-14(19)17-13-8-6-7-12(11-13)16(4,5)9-10-18/h6-8,10-11H,9H2,1-5H3,(H,17,19). The fourth-order valence-electron chi connectivity index (χ4n) is 1.77. The number of anilines is 1. The summed E-state index contributed by atoms with van der Waals surface area (Å²) in [7, 11) is 0. The molecule has 0 aliphatic rings. The van der Waals surface area contributed by atoms with Crippen LogP contribution in [0.4, 0.5) is 10.5 Å². The minimum atomic E-state index is -0.529. The predicted molar refractivity (Wildman–Crippen MR) is 80.0 cm³/mol. The van der Waals surface area contributed by atoms with E-state index in [4.69, 9.17) is 4.74 Å². The zero-order valence-corrected chi connectivity index (χ0v) is 12.8. The Morgan fingerprint density at radius 2 is 1.90 bits per heavy atom. The van der Waals surface area contributed by atoms with Gasteiger partial charge in [0.05, 0.1) is 0 Å². The molecule has 1 aromatic carbocycles. The summed E-state index contributed by atoms with van der Waals surface area (Å²) in [5, 5.41) is 2.70. The Labute approximate surface area is 120 Å². The number of hydrogen-bond donors (Lipinski definition) is 1. The Hall–Kier alpha value is -1.84. The van der Waals surface area contributed by atoms with Gasteiger partial charge in [-0.1, -0.05) is 26.0 Å². The zero-order chi connectivity index (χ0) is 15.4. The van der Waals surface area contributed by atoms with Crippen LogP contribution in [0.25, 0.3) is 0 Å². The Balaban J connectivity index is 2.84. The molecule has 0 heterocycles. The molecule has 0 saturated carbocycles. The van der Waals surface area contributed by atoms with Crippen LogP contribution < -0.4 is 5.32 Å². The summed E-state index contributed by atoms with van der Waals surface area (Å²) in [6.45, 7) is 9.44. The van der Waals surface area contributed by atoms with Gasteiger partial charge in [0.25, 0.3) is 0 Å². The van der Waals surface area contributed by atoms with Gasteiger partial charge in [-0.15, -0.1) is 0 Å². The maximum Gasteiger partial charge on any atom is 0.412 e. The lowest BCUT2D eigenvalue weighted by Gasteiger charge is -2.24. The van der Waals surface area contributed by atoms with Crippen molar-refractivity contribution in [1.29, 1.82) is 0 Å². The Bertz CT molecular complexity index is 487. The SMILES string of the molecule is CC(C)(C)OC(=O)Nc1cccc(C(C)(C)CC=O)c1. The van der Waals surface area contributed by atoms with Crippen molar-refractivity contribution in [1.82, 2.24) is 0 Å². The smallest absolute Gasteiger partial charge is 0.412 e. The molecule has 110 valence electrons. The Kier molecular flexibility index (Phi) is 4.93. The first-order valence-corrected chi connectivity index (χ1v) is 6.68. The Morgan fingerprint density at radius 1 is 1.25 bits per heavy atom. The number of rotatable bonds is 4. The van der Waals surface area contributed by atoms with E-state index in [1.165, 1.54) is 0 Å². The van der Waals surface area contributed by atoms with Crippen molar-refractivity contribution >= 4 is 18.1 Å². The number of aldehydes is 1. The summed E-state index contributed by atoms with van der Waals surface area (Å²) in [5.74, 6) is 0. The summed E-state index contributed by atoms with van der Waals surface area (Å²) in [5.41, 5.74) is 0.875. The summed E-state index contributed by atoms with van der Waals surface area (Å²) >= 11 is 0. The van der Waals surface area contributed by atoms with Gasteiger partial charge < -0.3 is 9.53 Å². The van der Waals surface area contributed by atoms with E-state index < -0.39 is 11.7 Å². The number of benzene rings is 1. The van der Waals surface area contributed by atoms with Crippen molar-refractivity contribution in [3.8, 4) is 0 Å². The first-order chi connectivity index (χ1) is 9.14. The van der Waals surface area contributed by atoms with Crippen LogP contribution in [0, 0.1) is 0 Å². The van der Waals surface area contributed by atoms with E-state index in [0.29, 0.717) is 12.1 Å². The molecule has 0 aromatic heterocycles. The average Bonchev–Trinajstić information content (AvgIpc) is 2.26. The van der Waals surface area contributed by atoms with Gasteiger partial charge in [0.2, 0.25) is 0 Å². The predicted octanol–water partition coefficient (Wildman–Crippen LogP) is 3.90. The monoisotopic (exact) mass is 277 g/mol. The molecule has 0 aliphatic carbocycles. The lowest BCUT2D eigenvalue weighted by atomic mass is 9.82. The van der Waals surface area contributed by atoms with E-state index in [1.807, 2.05) is 52.8 Å². The number of ether oxygens (including phenoxy) is 1. The molecule has 0 spiro atoms. The Morgan fingerprint density at radius 3 is 2.45 bits per heavy atom. The van der Waals surface area contributed by atoms with Gasteiger partial charge in [0.1, 0.15) is 11.9 Å². The van der Waals surface area contributed by atoms with Crippen molar-refractivity contribution in [2.24, 2.45) is 0 Å². The molecule has 0 aliphatic heterocycles. The average molecular weight is 277 g/mol. The van der Waals surface area contributed by atoms with Gasteiger partial charge in [-0.3, -0.25) is 5.32 Å². The lowest BCUT2D eigenvalue weighted by molar-refractivity contribution is -0.108. The van der Waals surface area contributed by atoms with E-state index in [2.05, 4.69) is 5.32 Å². The number of hydrogen-bond acceptors (Lipinski definition) is 3. The molecular weight excluding hydrogens is 254 g/mol. The lowest BCUT2D eigenvalue weighted by Crippen LogP contribution is -2.27. The zero-order valence-electron chi connectivity index (χ0n) is 12.8. The molecule has 1 N–H and O–H groups in total. The summed E-state index contributed by atoms with van der Waals surface area (Å²) in [4.78, 5) is 22.4. The van der Waals surface area contributed by atoms with E-state index in [0.717, 1.165) is 11.8 Å². The van der Waals surface area contributed by atoms with Crippen molar-refractivity contribution in [3.63, 3.8) is 0 Å². The molecule has 4 heteroatoms. The largest absolute Gasteiger partial charge is 0.444 e. The molecule has 0 saturated heterocycles. The maximum atomic E-state index is 11.7. The minimum absolute atomic E-state index is 0.257. The molecule has 0 fully saturated rings. The van der Waals surface area contributed by atoms with Gasteiger partial charge >= 0.3 is 6.09 Å². The van der Waals surface area contributed by atoms with Gasteiger partial charge in [0.15, 0.2) is 0 Å². The second kappa shape index (κ2) is 6.07. The highest BCUT2D eigenvalue weighted by molar-refractivity contribution is 5.85. The summed E-state index contributed by atoms with van der Waals surface area (Å²) < 4.78 is 5.21. The molecule has 0 bridgehead atoms. The van der Waals surface area contributed by atoms with E-state index in [9.17, 15) is 9.59 Å². The van der Waals surface area contributed by atoms with Gasteiger partial charge in [-0.25, -0.2) is 4.79 Å². The number of carbonyl (C=O) groups excluding carboxylic acids is 2. The van der Waals surface area contributed by atoms with Crippen LogP contribution in [0.15, 0.2) is 24.3 Å². The third kappa shape index (κ3) is 5.03. The van der Waals surface area contributed by atoms with Crippen molar-refractivity contribution in [3.05, 3.63) is 29.8 Å². The van der Waals surface area contributed by atoms with Crippen LogP contribution in [0.2, 0.25) is 0 Å². The van der Waals surface area contributed by atoms with Crippen molar-refractivity contribution in [2.45, 2.75) is 52.1 Å². The quantitative estimate of drug-likeness (QED) is 0.849. The molecule has 1 amide bonds. The molecule has 0 atom stereocenters. The summed E-state index contributed by atoms with van der Waals surface area (Å²) in [6, 6.07) is 7.47. The van der Waals surface area contributed by atoms with E-state index in [1.54, 1.807) is 6.07 Å². The van der Waals surface area contributed by atoms with Crippen molar-refractivity contribution < 1.29 is 14.3 Å². The van der Waals surface area contributed by atoms with E-state index >= 15 is 0 Å². The number of nitrogens with one attached hydrogen (secondary N) is 1. The van der Waals surface area contributed by atoms with Crippen molar-refractivity contribution in [2.75, 3.05) is 5.32 Å². The van der Waals surface area contributed by atoms with Gasteiger partial charge in [-0.05, 0) is 43.9 Å². The van der Waals surface area contributed by atoms with Crippen LogP contribution >= 0.6 is 0 Å². The fraction of sp³-hybridized carbons (Fsp3) is 0.500. The molecular formula is C16H23NO3. The normalized spacial score (nSPS) is 11.8. The molecule has 20 heavy (non-hydrogen) atoms. The highest BCUT2D eigenvalue weighted by Crippen LogP contribution is 2.28. The third-order valence-corrected chi connectivity index (χ3v) is 2.88. The van der Waals surface area contributed by atoms with Crippen LogP contribution in [0.5, 0.6) is 0 Å². The first kappa shape index (κ1) is 16.2. The highest BCUT2D eigenvalue weighted by Gasteiger charge is 2.21. The van der Waals surface area contributed by atoms with E-state index in [-0.39, 0.29) is 5.41 Å². The molecule has 1 aromatic rings. The number of carbonyl (C=O) groups is 2. The third-order valence-electron chi connectivity index (χ3n) is 2.88. The maximum absolute atomic E-state index is 11.7. The minimum Gasteiger partial charge on any atom is -0.444 e. The fourth-order valence-corrected chi connectivity index (χ4v) is 1.77. The summed E-state index contributed by atoms with van der Waals surface area (Å²) in [6.07, 6.45) is 0.861. The van der Waals surface area contributed by atoms with Gasteiger partial charge in [0, 0.05) is 12.1 Å². The topological polar surface area (TPSA) is 55.4 Å².